The average Bonchev–Trinajstić information content (AvgIpc) is 3.59. The van der Waals surface area contributed by atoms with Gasteiger partial charge in [0.2, 0.25) is 11.8 Å². The maximum absolute atomic E-state index is 13.8. The van der Waals surface area contributed by atoms with Gasteiger partial charge >= 0.3 is 13.1 Å². The van der Waals surface area contributed by atoms with E-state index < -0.39 is 66.6 Å². The summed E-state index contributed by atoms with van der Waals surface area (Å²) in [5, 5.41) is 15.2. The van der Waals surface area contributed by atoms with E-state index in [1.165, 1.54) is 44.9 Å². The SMILES string of the molecule is CCCCCCCCCCCCCC(=O)C[C@@H](CCCCN)C(=O)N[C@@H](CC(=O)O)C(=O)C[C@@H](C)C(=O)N[C@@H](CCCCN)C(=O)C[C@@H](C)B1O[C@@H]2C[C@@H]3C[C@@H](C3(C)C)[C@]2(C)O1. The van der Waals surface area contributed by atoms with Crippen LogP contribution >= 0.6 is 0 Å². The first-order valence-electron chi connectivity index (χ1n) is 24.6. The van der Waals surface area contributed by atoms with Gasteiger partial charge in [0.05, 0.1) is 30.2 Å². The Morgan fingerprint density at radius 2 is 1.26 bits per heavy atom. The molecule has 3 aliphatic carbocycles. The number of Topliss-reactive ketones (excluding diaryl/α,β-unsaturated/α-hetero) is 3. The summed E-state index contributed by atoms with van der Waals surface area (Å²) in [5.41, 5.74) is 11.2. The van der Waals surface area contributed by atoms with E-state index in [0.717, 1.165) is 38.5 Å². The number of hydrogen-bond donors (Lipinski definition) is 5. The van der Waals surface area contributed by atoms with Gasteiger partial charge in [-0.1, -0.05) is 105 Å². The summed E-state index contributed by atoms with van der Waals surface area (Å²) in [6, 6.07) is -2.20. The molecule has 1 saturated heterocycles. The molecule has 0 aromatic rings. The maximum Gasteiger partial charge on any atom is 0.461 e. The molecule has 1 aliphatic heterocycles. The van der Waals surface area contributed by atoms with Crippen LogP contribution in [-0.4, -0.2) is 84.2 Å². The molecule has 62 heavy (non-hydrogen) atoms. The predicted molar refractivity (Wildman–Crippen MR) is 244 cm³/mol. The number of unbranched alkanes of at least 4 members (excludes halogenated alkanes) is 12. The van der Waals surface area contributed by atoms with Gasteiger partial charge in [-0.15, -0.1) is 0 Å². The lowest BCUT2D eigenvalue weighted by atomic mass is 9.43. The Hall–Kier alpha value is -2.68. The molecule has 4 fully saturated rings. The van der Waals surface area contributed by atoms with Crippen LogP contribution in [0.4, 0.5) is 0 Å². The Morgan fingerprint density at radius 1 is 0.694 bits per heavy atom. The van der Waals surface area contributed by atoms with Gasteiger partial charge in [0.15, 0.2) is 11.6 Å². The second-order valence-corrected chi connectivity index (χ2v) is 20.1. The van der Waals surface area contributed by atoms with Gasteiger partial charge in [0.1, 0.15) is 5.78 Å². The Labute approximate surface area is 374 Å². The van der Waals surface area contributed by atoms with Crippen molar-refractivity contribution in [3.05, 3.63) is 0 Å². The number of rotatable bonds is 35. The summed E-state index contributed by atoms with van der Waals surface area (Å²) in [6.45, 7) is 13.3. The summed E-state index contributed by atoms with van der Waals surface area (Å²) < 4.78 is 13.0. The highest BCUT2D eigenvalue weighted by Crippen LogP contribution is 2.66. The molecule has 2 bridgehead atoms. The topological polar surface area (TPSA) is 217 Å². The van der Waals surface area contributed by atoms with Crippen molar-refractivity contribution in [2.75, 3.05) is 13.1 Å². The van der Waals surface area contributed by atoms with Crippen LogP contribution < -0.4 is 22.1 Å². The van der Waals surface area contributed by atoms with E-state index >= 15 is 0 Å². The molecule has 14 heteroatoms. The lowest BCUT2D eigenvalue weighted by Crippen LogP contribution is -2.65. The molecule has 13 nitrogen and oxygen atoms in total. The van der Waals surface area contributed by atoms with Gasteiger partial charge < -0.3 is 36.5 Å². The summed E-state index contributed by atoms with van der Waals surface area (Å²) in [6.07, 6.45) is 17.8. The van der Waals surface area contributed by atoms with E-state index in [2.05, 4.69) is 38.3 Å². The van der Waals surface area contributed by atoms with Crippen molar-refractivity contribution < 1.29 is 43.2 Å². The molecule has 0 spiro atoms. The normalized spacial score (nSPS) is 23.6. The average molecular weight is 873 g/mol. The molecule has 0 aromatic carbocycles. The van der Waals surface area contributed by atoms with Crippen LogP contribution in [0, 0.1) is 29.1 Å². The van der Waals surface area contributed by atoms with Crippen LogP contribution in [0.3, 0.4) is 0 Å². The zero-order valence-corrected chi connectivity index (χ0v) is 39.4. The van der Waals surface area contributed by atoms with Crippen LogP contribution in [0.1, 0.15) is 196 Å². The van der Waals surface area contributed by atoms with Gasteiger partial charge in [-0.05, 0) is 94.4 Å². The smallest absolute Gasteiger partial charge is 0.461 e. The molecule has 2 amide bonds. The number of carboxylic acids is 1. The molecule has 1 heterocycles. The lowest BCUT2D eigenvalue weighted by Gasteiger charge is -2.64. The number of hydrogen-bond acceptors (Lipinski definition) is 10. The number of carbonyl (C=O) groups excluding carboxylic acids is 5. The zero-order valence-electron chi connectivity index (χ0n) is 39.4. The van der Waals surface area contributed by atoms with Crippen LogP contribution in [0.2, 0.25) is 5.82 Å². The van der Waals surface area contributed by atoms with E-state index in [1.807, 2.05) is 6.92 Å². The minimum absolute atomic E-state index is 0.0106. The van der Waals surface area contributed by atoms with Crippen LogP contribution in [0.25, 0.3) is 0 Å². The monoisotopic (exact) mass is 873 g/mol. The van der Waals surface area contributed by atoms with Gasteiger partial charge in [0.25, 0.3) is 0 Å². The molecule has 4 aliphatic rings. The highest BCUT2D eigenvalue weighted by molar-refractivity contribution is 6.47. The Morgan fingerprint density at radius 3 is 1.84 bits per heavy atom. The molecule has 3 saturated carbocycles. The second-order valence-electron chi connectivity index (χ2n) is 20.1. The molecular weight excluding hydrogens is 787 g/mol. The van der Waals surface area contributed by atoms with Crippen LogP contribution in [-0.2, 0) is 38.1 Å². The first-order valence-corrected chi connectivity index (χ1v) is 24.6. The first-order chi connectivity index (χ1) is 29.5. The van der Waals surface area contributed by atoms with Crippen molar-refractivity contribution in [3.63, 3.8) is 0 Å². The van der Waals surface area contributed by atoms with Crippen molar-refractivity contribution >= 4 is 42.3 Å². The predicted octanol–water partition coefficient (Wildman–Crippen LogP) is 7.64. The molecule has 7 N–H and O–H groups in total. The number of ketones is 3. The van der Waals surface area contributed by atoms with Gasteiger partial charge in [-0.25, -0.2) is 0 Å². The highest BCUT2D eigenvalue weighted by atomic mass is 16.7. The molecule has 0 unspecified atom stereocenters. The number of carboxylic acid groups (broad SMARTS) is 1. The number of nitrogens with two attached hydrogens (primary N) is 2. The molecule has 0 aromatic heterocycles. The van der Waals surface area contributed by atoms with Crippen molar-refractivity contribution in [2.45, 2.75) is 225 Å². The Bertz CT molecular complexity index is 1450. The van der Waals surface area contributed by atoms with E-state index in [9.17, 15) is 33.9 Å². The summed E-state index contributed by atoms with van der Waals surface area (Å²) in [5.74, 6) is -4.03. The van der Waals surface area contributed by atoms with E-state index in [0.29, 0.717) is 69.9 Å². The minimum Gasteiger partial charge on any atom is -0.481 e. The fourth-order valence-electron chi connectivity index (χ4n) is 10.3. The lowest BCUT2D eigenvalue weighted by molar-refractivity contribution is -0.199. The molecule has 0 radical (unpaired) electrons. The fourth-order valence-corrected chi connectivity index (χ4v) is 10.3. The number of nitrogens with one attached hydrogen (secondary N) is 2. The van der Waals surface area contributed by atoms with Crippen molar-refractivity contribution in [2.24, 2.45) is 40.6 Å². The van der Waals surface area contributed by atoms with Crippen LogP contribution in [0.5, 0.6) is 0 Å². The quantitative estimate of drug-likeness (QED) is 0.0308. The van der Waals surface area contributed by atoms with E-state index in [1.54, 1.807) is 6.92 Å². The van der Waals surface area contributed by atoms with Crippen molar-refractivity contribution in [1.29, 1.82) is 0 Å². The van der Waals surface area contributed by atoms with Crippen LogP contribution in [0.15, 0.2) is 0 Å². The van der Waals surface area contributed by atoms with Gasteiger partial charge in [-0.2, -0.15) is 0 Å². The Kier molecular flexibility index (Phi) is 23.3. The number of aliphatic carboxylic acids is 1. The zero-order chi connectivity index (χ0) is 45.9. The third-order valence-electron chi connectivity index (χ3n) is 14.6. The molecule has 9 atom stereocenters. The third-order valence-corrected chi connectivity index (χ3v) is 14.6. The summed E-state index contributed by atoms with van der Waals surface area (Å²) >= 11 is 0. The fraction of sp³-hybridized carbons (Fsp3) is 0.875. The summed E-state index contributed by atoms with van der Waals surface area (Å²) in [4.78, 5) is 79.7. The number of carbonyl (C=O) groups is 6. The third kappa shape index (κ3) is 16.4. The van der Waals surface area contributed by atoms with Gasteiger partial charge in [0, 0.05) is 37.5 Å². The first kappa shape index (κ1) is 53.7. The van der Waals surface area contributed by atoms with Crippen molar-refractivity contribution in [1.82, 2.24) is 10.6 Å². The second kappa shape index (κ2) is 27.0. The maximum atomic E-state index is 13.8. The molecular formula is C48H85BN4O9. The van der Waals surface area contributed by atoms with E-state index in [-0.39, 0.29) is 48.2 Å². The molecule has 354 valence electrons. The minimum atomic E-state index is -1.38. The summed E-state index contributed by atoms with van der Waals surface area (Å²) in [7, 11) is -0.532. The standard InChI is InChI=1S/C48H85BN4O9/c1-7-8-9-10-11-12-13-14-15-16-17-23-37(54)29-35(22-18-20-25-50)46(60)53-39(32-44(57)58)40(55)27-33(2)45(59)52-38(24-19-21-26-51)41(56)28-34(3)49-61-43-31-36-30-42(47(36,4)5)48(43,6)62-49/h33-36,38-39,42-43H,7-32,50-51H2,1-6H3,(H,52,59)(H,53,60)(H,57,58)/t33-,34-,35-,36+,38+,39+,42+,43-,48+/m1/s1. The highest BCUT2D eigenvalue weighted by Gasteiger charge is 2.68. The van der Waals surface area contributed by atoms with E-state index in [4.69, 9.17) is 20.8 Å². The van der Waals surface area contributed by atoms with Crippen molar-refractivity contribution in [3.8, 4) is 0 Å². The van der Waals surface area contributed by atoms with Gasteiger partial charge in [-0.3, -0.25) is 28.8 Å². The Balaban J connectivity index is 1.54. The number of amides is 2. The largest absolute Gasteiger partial charge is 0.481 e. The molecule has 4 rings (SSSR count).